The highest BCUT2D eigenvalue weighted by molar-refractivity contribution is 7.91. The summed E-state index contributed by atoms with van der Waals surface area (Å²) in [6, 6.07) is 8.84. The van der Waals surface area contributed by atoms with Gasteiger partial charge >= 0.3 is 6.09 Å². The maximum atomic E-state index is 12.6. The van der Waals surface area contributed by atoms with Crippen molar-refractivity contribution in [2.24, 2.45) is 0 Å². The van der Waals surface area contributed by atoms with Gasteiger partial charge in [-0.15, -0.1) is 11.3 Å². The number of anilines is 1. The number of nitrogens with zero attached hydrogens (tertiary/aromatic N) is 1. The van der Waals surface area contributed by atoms with Gasteiger partial charge in [-0.1, -0.05) is 12.1 Å². The molecule has 3 rings (SSSR count). The SMILES string of the molecule is COC(=O)Nc1ccc2c(c1)CN(S(=O)(=O)c1cccs1)CC2. The molecule has 0 saturated heterocycles. The Bertz CT molecular complexity index is 816. The molecule has 6 nitrogen and oxygen atoms in total. The topological polar surface area (TPSA) is 75.7 Å². The van der Waals surface area contributed by atoms with Crippen molar-refractivity contribution in [3.05, 3.63) is 46.8 Å². The van der Waals surface area contributed by atoms with Crippen molar-refractivity contribution in [2.45, 2.75) is 17.2 Å². The highest BCUT2D eigenvalue weighted by Gasteiger charge is 2.29. The molecule has 1 N–H and O–H groups in total. The molecule has 0 radical (unpaired) electrons. The summed E-state index contributed by atoms with van der Waals surface area (Å²) in [7, 11) is -2.17. The molecule has 0 bridgehead atoms. The summed E-state index contributed by atoms with van der Waals surface area (Å²) >= 11 is 1.22. The van der Waals surface area contributed by atoms with Crippen molar-refractivity contribution in [2.75, 3.05) is 19.0 Å². The summed E-state index contributed by atoms with van der Waals surface area (Å²) in [6.45, 7) is 0.753. The van der Waals surface area contributed by atoms with Crippen molar-refractivity contribution in [1.29, 1.82) is 0 Å². The number of rotatable bonds is 3. The number of hydrogen-bond donors (Lipinski definition) is 1. The number of carbonyl (C=O) groups is 1. The lowest BCUT2D eigenvalue weighted by Gasteiger charge is -2.28. The maximum Gasteiger partial charge on any atom is 0.411 e. The summed E-state index contributed by atoms with van der Waals surface area (Å²) in [5.74, 6) is 0. The molecule has 1 aliphatic rings. The number of amides is 1. The van der Waals surface area contributed by atoms with E-state index < -0.39 is 16.1 Å². The standard InChI is InChI=1S/C15H16N2O4S2/c1-21-15(18)16-13-5-4-11-6-7-17(10-12(11)9-13)23(19,20)14-3-2-8-22-14/h2-5,8-9H,6-7,10H2,1H3,(H,16,18). The van der Waals surface area contributed by atoms with Crippen molar-refractivity contribution < 1.29 is 17.9 Å². The first-order valence-electron chi connectivity index (χ1n) is 7.01. The van der Waals surface area contributed by atoms with Crippen molar-refractivity contribution in [3.63, 3.8) is 0 Å². The normalized spacial score (nSPS) is 15.0. The fourth-order valence-corrected chi connectivity index (χ4v) is 5.08. The molecule has 0 fully saturated rings. The molecule has 1 amide bonds. The summed E-state index contributed by atoms with van der Waals surface area (Å²) in [5, 5.41) is 4.35. The Kier molecular flexibility index (Phi) is 4.38. The molecule has 0 aliphatic carbocycles. The Morgan fingerprint density at radius 2 is 2.13 bits per heavy atom. The lowest BCUT2D eigenvalue weighted by molar-refractivity contribution is 0.187. The largest absolute Gasteiger partial charge is 0.453 e. The fraction of sp³-hybridized carbons (Fsp3) is 0.267. The van der Waals surface area contributed by atoms with Gasteiger partial charge in [0.1, 0.15) is 4.21 Å². The highest BCUT2D eigenvalue weighted by atomic mass is 32.2. The predicted octanol–water partition coefficient (Wildman–Crippen LogP) is 2.67. The third-order valence-corrected chi connectivity index (χ3v) is 6.92. The van der Waals surface area contributed by atoms with E-state index in [9.17, 15) is 13.2 Å². The fourth-order valence-electron chi connectivity index (χ4n) is 2.52. The minimum Gasteiger partial charge on any atom is -0.453 e. The minimum atomic E-state index is -3.46. The van der Waals surface area contributed by atoms with Gasteiger partial charge in [0.05, 0.1) is 7.11 Å². The average molecular weight is 352 g/mol. The number of benzene rings is 1. The number of sulfonamides is 1. The second-order valence-electron chi connectivity index (χ2n) is 5.12. The van der Waals surface area contributed by atoms with Gasteiger partial charge in [0.2, 0.25) is 0 Å². The monoisotopic (exact) mass is 352 g/mol. The number of carbonyl (C=O) groups excluding carboxylic acids is 1. The van der Waals surface area contributed by atoms with Crippen LogP contribution in [0.15, 0.2) is 39.9 Å². The summed E-state index contributed by atoms with van der Waals surface area (Å²) < 4.78 is 31.6. The third kappa shape index (κ3) is 3.24. The van der Waals surface area contributed by atoms with E-state index in [4.69, 9.17) is 0 Å². The van der Waals surface area contributed by atoms with Crippen LogP contribution < -0.4 is 5.32 Å². The molecular formula is C15H16N2O4S2. The van der Waals surface area contributed by atoms with Crippen LogP contribution in [0.2, 0.25) is 0 Å². The Morgan fingerprint density at radius 1 is 1.30 bits per heavy atom. The number of ether oxygens (including phenoxy) is 1. The molecular weight excluding hydrogens is 336 g/mol. The van der Waals surface area contributed by atoms with E-state index >= 15 is 0 Å². The van der Waals surface area contributed by atoms with Crippen LogP contribution in [0.25, 0.3) is 0 Å². The van der Waals surface area contributed by atoms with E-state index in [0.717, 1.165) is 11.1 Å². The Labute approximate surface area is 138 Å². The van der Waals surface area contributed by atoms with Crippen LogP contribution >= 0.6 is 11.3 Å². The molecule has 0 atom stereocenters. The molecule has 0 saturated carbocycles. The smallest absolute Gasteiger partial charge is 0.411 e. The zero-order valence-corrected chi connectivity index (χ0v) is 14.1. The molecule has 1 aromatic heterocycles. The number of hydrogen-bond acceptors (Lipinski definition) is 5. The second-order valence-corrected chi connectivity index (χ2v) is 8.23. The molecule has 0 unspecified atom stereocenters. The molecule has 1 aliphatic heterocycles. The van der Waals surface area contributed by atoms with Gasteiger partial charge < -0.3 is 4.74 Å². The lowest BCUT2D eigenvalue weighted by Crippen LogP contribution is -2.35. The number of fused-ring (bicyclic) bond motifs is 1. The first-order valence-corrected chi connectivity index (χ1v) is 9.33. The lowest BCUT2D eigenvalue weighted by atomic mass is 10.0. The van der Waals surface area contributed by atoms with E-state index in [0.29, 0.717) is 29.4 Å². The maximum absolute atomic E-state index is 12.6. The van der Waals surface area contributed by atoms with Gasteiger partial charge in [0.25, 0.3) is 10.0 Å². The van der Waals surface area contributed by atoms with Crippen LogP contribution in [0, 0.1) is 0 Å². The Hall–Kier alpha value is -1.90. The van der Waals surface area contributed by atoms with Crippen LogP contribution in [-0.2, 0) is 27.7 Å². The van der Waals surface area contributed by atoms with Gasteiger partial charge in [-0.25, -0.2) is 13.2 Å². The van der Waals surface area contributed by atoms with Crippen LogP contribution in [0.3, 0.4) is 0 Å². The summed E-state index contributed by atoms with van der Waals surface area (Å²) in [4.78, 5) is 11.3. The van der Waals surface area contributed by atoms with E-state index in [1.54, 1.807) is 29.6 Å². The first kappa shape index (κ1) is 16.0. The molecule has 23 heavy (non-hydrogen) atoms. The quantitative estimate of drug-likeness (QED) is 0.921. The van der Waals surface area contributed by atoms with Gasteiger partial charge in [-0.05, 0) is 41.1 Å². The van der Waals surface area contributed by atoms with Crippen LogP contribution in [0.4, 0.5) is 10.5 Å². The van der Waals surface area contributed by atoms with Crippen LogP contribution in [-0.4, -0.2) is 32.5 Å². The number of thiophene rings is 1. The van der Waals surface area contributed by atoms with Crippen LogP contribution in [0.5, 0.6) is 0 Å². The van der Waals surface area contributed by atoms with E-state index in [-0.39, 0.29) is 0 Å². The Morgan fingerprint density at radius 3 is 2.83 bits per heavy atom. The molecule has 8 heteroatoms. The zero-order chi connectivity index (χ0) is 16.4. The summed E-state index contributed by atoms with van der Waals surface area (Å²) in [5.41, 5.74) is 2.58. The van der Waals surface area contributed by atoms with Gasteiger partial charge in [-0.3, -0.25) is 5.32 Å². The molecule has 2 heterocycles. The van der Waals surface area contributed by atoms with Crippen LogP contribution in [0.1, 0.15) is 11.1 Å². The average Bonchev–Trinajstić information content (AvgIpc) is 3.09. The van der Waals surface area contributed by atoms with Gasteiger partial charge in [0, 0.05) is 18.8 Å². The highest BCUT2D eigenvalue weighted by Crippen LogP contribution is 2.28. The van der Waals surface area contributed by atoms with Crippen molar-refractivity contribution in [1.82, 2.24) is 4.31 Å². The first-order chi connectivity index (χ1) is 11.0. The van der Waals surface area contributed by atoms with Gasteiger partial charge in [0.15, 0.2) is 0 Å². The zero-order valence-electron chi connectivity index (χ0n) is 12.5. The second kappa shape index (κ2) is 6.31. The Balaban J connectivity index is 1.85. The predicted molar refractivity (Wildman–Crippen MR) is 88.1 cm³/mol. The van der Waals surface area contributed by atoms with E-state index in [1.807, 2.05) is 6.07 Å². The number of methoxy groups -OCH3 is 1. The number of nitrogens with one attached hydrogen (secondary N) is 1. The van der Waals surface area contributed by atoms with E-state index in [2.05, 4.69) is 10.1 Å². The molecule has 1 aromatic carbocycles. The van der Waals surface area contributed by atoms with Crippen molar-refractivity contribution >= 4 is 33.1 Å². The van der Waals surface area contributed by atoms with E-state index in [1.165, 1.54) is 22.8 Å². The molecule has 2 aromatic rings. The van der Waals surface area contributed by atoms with Gasteiger partial charge in [-0.2, -0.15) is 4.31 Å². The third-order valence-electron chi connectivity index (χ3n) is 3.70. The molecule has 122 valence electrons. The minimum absolute atomic E-state index is 0.298. The molecule has 0 spiro atoms. The van der Waals surface area contributed by atoms with Crippen molar-refractivity contribution in [3.8, 4) is 0 Å². The summed E-state index contributed by atoms with van der Waals surface area (Å²) in [6.07, 6.45) is 0.0992.